The SMILES string of the molecule is CC(C)(C)C(F)(F)OCc1cnn(-c2ccccc2)c1. The molecule has 3 nitrogen and oxygen atoms in total. The molecule has 0 aliphatic carbocycles. The molecule has 0 atom stereocenters. The zero-order valence-electron chi connectivity index (χ0n) is 11.8. The smallest absolute Gasteiger partial charge is 0.315 e. The van der Waals surface area contributed by atoms with Crippen LogP contribution in [0.5, 0.6) is 0 Å². The normalized spacial score (nSPS) is 12.7. The average Bonchev–Trinajstić information content (AvgIpc) is 2.85. The van der Waals surface area contributed by atoms with Gasteiger partial charge < -0.3 is 4.74 Å². The fraction of sp³-hybridized carbons (Fsp3) is 0.400. The van der Waals surface area contributed by atoms with Gasteiger partial charge in [-0.2, -0.15) is 13.9 Å². The van der Waals surface area contributed by atoms with Crippen LogP contribution in [0, 0.1) is 5.41 Å². The Morgan fingerprint density at radius 2 is 1.80 bits per heavy atom. The van der Waals surface area contributed by atoms with Crippen molar-refractivity contribution in [2.75, 3.05) is 0 Å². The van der Waals surface area contributed by atoms with E-state index in [0.29, 0.717) is 5.56 Å². The number of alkyl halides is 2. The summed E-state index contributed by atoms with van der Waals surface area (Å²) >= 11 is 0. The highest BCUT2D eigenvalue weighted by atomic mass is 19.3. The fourth-order valence-electron chi connectivity index (χ4n) is 1.55. The minimum absolute atomic E-state index is 0.170. The summed E-state index contributed by atoms with van der Waals surface area (Å²) in [7, 11) is 0. The van der Waals surface area contributed by atoms with Gasteiger partial charge in [-0.3, -0.25) is 0 Å². The molecule has 1 heterocycles. The van der Waals surface area contributed by atoms with Gasteiger partial charge in [0.05, 0.1) is 23.9 Å². The number of aromatic nitrogens is 2. The number of nitrogens with zero attached hydrogens (tertiary/aromatic N) is 2. The summed E-state index contributed by atoms with van der Waals surface area (Å²) in [5, 5.41) is 4.14. The van der Waals surface area contributed by atoms with Crippen molar-refractivity contribution in [2.45, 2.75) is 33.5 Å². The summed E-state index contributed by atoms with van der Waals surface area (Å²) in [5.74, 6) is 0. The maximum absolute atomic E-state index is 13.7. The molecule has 0 fully saturated rings. The van der Waals surface area contributed by atoms with E-state index in [4.69, 9.17) is 4.74 Å². The Balaban J connectivity index is 2.04. The van der Waals surface area contributed by atoms with Crippen LogP contribution >= 0.6 is 0 Å². The lowest BCUT2D eigenvalue weighted by molar-refractivity contribution is -0.300. The van der Waals surface area contributed by atoms with E-state index in [0.717, 1.165) is 5.69 Å². The standard InChI is InChI=1S/C15H18F2N2O/c1-14(2,3)15(16,17)20-11-12-9-18-19(10-12)13-7-5-4-6-8-13/h4-10H,11H2,1-3H3. The quantitative estimate of drug-likeness (QED) is 0.845. The largest absolute Gasteiger partial charge is 0.360 e. The molecule has 0 spiro atoms. The first-order valence-electron chi connectivity index (χ1n) is 6.40. The molecule has 1 aromatic heterocycles. The highest BCUT2D eigenvalue weighted by Gasteiger charge is 2.44. The third-order valence-corrected chi connectivity index (χ3v) is 2.95. The molecule has 0 N–H and O–H groups in total. The Bertz CT molecular complexity index is 559. The average molecular weight is 280 g/mol. The summed E-state index contributed by atoms with van der Waals surface area (Å²) < 4.78 is 33.8. The van der Waals surface area contributed by atoms with Crippen LogP contribution in [0.1, 0.15) is 26.3 Å². The minimum Gasteiger partial charge on any atom is -0.315 e. The second kappa shape index (κ2) is 5.32. The van der Waals surface area contributed by atoms with Crippen molar-refractivity contribution >= 4 is 0 Å². The van der Waals surface area contributed by atoms with Crippen LogP contribution in [-0.2, 0) is 11.3 Å². The van der Waals surface area contributed by atoms with Gasteiger partial charge in [0.2, 0.25) is 0 Å². The van der Waals surface area contributed by atoms with Gasteiger partial charge in [-0.15, -0.1) is 0 Å². The van der Waals surface area contributed by atoms with Gasteiger partial charge in [0.15, 0.2) is 0 Å². The molecule has 108 valence electrons. The molecule has 1 aromatic carbocycles. The number of hydrogen-bond donors (Lipinski definition) is 0. The topological polar surface area (TPSA) is 27.1 Å². The Labute approximate surface area is 117 Å². The van der Waals surface area contributed by atoms with E-state index >= 15 is 0 Å². The second-order valence-electron chi connectivity index (χ2n) is 5.68. The molecule has 0 amide bonds. The summed E-state index contributed by atoms with van der Waals surface area (Å²) in [4.78, 5) is 0. The molecular formula is C15H18F2N2O. The molecule has 0 aliphatic heterocycles. The van der Waals surface area contributed by atoms with Crippen molar-refractivity contribution in [2.24, 2.45) is 5.41 Å². The van der Waals surface area contributed by atoms with E-state index in [-0.39, 0.29) is 6.61 Å². The van der Waals surface area contributed by atoms with Gasteiger partial charge in [0.1, 0.15) is 0 Å². The zero-order chi connectivity index (χ0) is 14.8. The number of benzene rings is 1. The van der Waals surface area contributed by atoms with Crippen molar-refractivity contribution < 1.29 is 13.5 Å². The Morgan fingerprint density at radius 3 is 2.40 bits per heavy atom. The van der Waals surface area contributed by atoms with Gasteiger partial charge in [0.25, 0.3) is 0 Å². The molecule has 0 unspecified atom stereocenters. The van der Waals surface area contributed by atoms with Gasteiger partial charge >= 0.3 is 6.11 Å². The molecule has 0 bridgehead atoms. The predicted molar refractivity (Wildman–Crippen MR) is 72.8 cm³/mol. The number of halogens is 2. The maximum atomic E-state index is 13.7. The summed E-state index contributed by atoms with van der Waals surface area (Å²) in [6.07, 6.45) is 0.0433. The maximum Gasteiger partial charge on any atom is 0.360 e. The molecule has 0 aliphatic rings. The van der Waals surface area contributed by atoms with Crippen LogP contribution in [-0.4, -0.2) is 15.9 Å². The molecule has 2 aromatic rings. The van der Waals surface area contributed by atoms with Crippen molar-refractivity contribution in [3.8, 4) is 5.69 Å². The van der Waals surface area contributed by atoms with Crippen LogP contribution in [0.15, 0.2) is 42.7 Å². The van der Waals surface area contributed by atoms with E-state index in [2.05, 4.69) is 5.10 Å². The number of para-hydroxylation sites is 1. The summed E-state index contributed by atoms with van der Waals surface area (Å²) in [5.41, 5.74) is 0.252. The predicted octanol–water partition coefficient (Wildman–Crippen LogP) is 4.03. The van der Waals surface area contributed by atoms with Gasteiger partial charge in [-0.05, 0) is 12.1 Å². The Hall–Kier alpha value is -1.75. The summed E-state index contributed by atoms with van der Waals surface area (Å²) in [6.45, 7) is 4.16. The molecular weight excluding hydrogens is 262 g/mol. The van der Waals surface area contributed by atoms with Crippen LogP contribution < -0.4 is 0 Å². The van der Waals surface area contributed by atoms with E-state index in [1.807, 2.05) is 30.3 Å². The first kappa shape index (κ1) is 14.7. The first-order chi connectivity index (χ1) is 9.29. The highest BCUT2D eigenvalue weighted by Crippen LogP contribution is 2.37. The van der Waals surface area contributed by atoms with E-state index in [1.54, 1.807) is 10.9 Å². The molecule has 0 saturated carbocycles. The number of rotatable bonds is 4. The van der Waals surface area contributed by atoms with Gasteiger partial charge in [-0.25, -0.2) is 4.68 Å². The second-order valence-corrected chi connectivity index (χ2v) is 5.68. The Morgan fingerprint density at radius 1 is 1.15 bits per heavy atom. The lowest BCUT2D eigenvalue weighted by Gasteiger charge is -2.29. The number of ether oxygens (including phenoxy) is 1. The Kier molecular flexibility index (Phi) is 3.90. The van der Waals surface area contributed by atoms with E-state index in [1.165, 1.54) is 27.0 Å². The molecule has 2 rings (SSSR count). The lowest BCUT2D eigenvalue weighted by Crippen LogP contribution is -2.36. The lowest BCUT2D eigenvalue weighted by atomic mass is 9.95. The van der Waals surface area contributed by atoms with E-state index < -0.39 is 11.5 Å². The van der Waals surface area contributed by atoms with Crippen molar-refractivity contribution in [3.05, 3.63) is 48.3 Å². The van der Waals surface area contributed by atoms with Crippen LogP contribution in [0.25, 0.3) is 5.69 Å². The van der Waals surface area contributed by atoms with Crippen LogP contribution in [0.3, 0.4) is 0 Å². The van der Waals surface area contributed by atoms with Crippen molar-refractivity contribution in [1.29, 1.82) is 0 Å². The highest BCUT2D eigenvalue weighted by molar-refractivity contribution is 5.30. The molecule has 20 heavy (non-hydrogen) atoms. The molecule has 0 radical (unpaired) electrons. The van der Waals surface area contributed by atoms with Crippen LogP contribution in [0.4, 0.5) is 8.78 Å². The van der Waals surface area contributed by atoms with Crippen molar-refractivity contribution in [1.82, 2.24) is 9.78 Å². The first-order valence-corrected chi connectivity index (χ1v) is 6.40. The fourth-order valence-corrected chi connectivity index (χ4v) is 1.55. The molecule has 0 saturated heterocycles. The van der Waals surface area contributed by atoms with Gasteiger partial charge in [0, 0.05) is 11.8 Å². The zero-order valence-corrected chi connectivity index (χ0v) is 11.8. The third kappa shape index (κ3) is 3.22. The van der Waals surface area contributed by atoms with E-state index in [9.17, 15) is 8.78 Å². The van der Waals surface area contributed by atoms with Crippen LogP contribution in [0.2, 0.25) is 0 Å². The number of hydrogen-bond acceptors (Lipinski definition) is 2. The minimum atomic E-state index is -3.18. The summed E-state index contributed by atoms with van der Waals surface area (Å²) in [6, 6.07) is 9.46. The monoisotopic (exact) mass is 280 g/mol. The van der Waals surface area contributed by atoms with Crippen molar-refractivity contribution in [3.63, 3.8) is 0 Å². The third-order valence-electron chi connectivity index (χ3n) is 2.95. The van der Waals surface area contributed by atoms with Gasteiger partial charge in [-0.1, -0.05) is 39.0 Å². The molecule has 5 heteroatoms.